The molecule has 0 N–H and O–H groups in total. The molecule has 7 heteroatoms. The summed E-state index contributed by atoms with van der Waals surface area (Å²) in [6, 6.07) is 5.82. The van der Waals surface area contributed by atoms with Gasteiger partial charge in [-0.1, -0.05) is 6.07 Å². The van der Waals surface area contributed by atoms with Crippen LogP contribution < -0.4 is 0 Å². The number of carbonyl (C=O) groups is 1. The van der Waals surface area contributed by atoms with Gasteiger partial charge in [-0.3, -0.25) is 14.7 Å². The minimum Gasteiger partial charge on any atom is -0.379 e. The van der Waals surface area contributed by atoms with Crippen molar-refractivity contribution >= 4 is 5.91 Å². The van der Waals surface area contributed by atoms with Gasteiger partial charge in [-0.25, -0.2) is 9.97 Å². The standard InChI is InChI=1S/C18H21N5O2/c1-22-8-13-9-23(10-15(22)12-25-11-13)18(24)14-6-20-17(21-7-14)16-4-2-3-5-19-16/h2-7,13,15H,8-12H2,1H3/t13-,15+/m1/s1. The number of likely N-dealkylation sites (N-methyl/N-ethyl adjacent to an activating group) is 1. The number of aromatic nitrogens is 3. The molecule has 2 atom stereocenters. The average molecular weight is 339 g/mol. The zero-order valence-corrected chi connectivity index (χ0v) is 14.2. The van der Waals surface area contributed by atoms with Crippen molar-refractivity contribution in [2.45, 2.75) is 6.04 Å². The van der Waals surface area contributed by atoms with Crippen LogP contribution in [0.25, 0.3) is 11.5 Å². The van der Waals surface area contributed by atoms with E-state index in [9.17, 15) is 4.79 Å². The SMILES string of the molecule is CN1C[C@H]2COC[C@@H]1CN(C(=O)c1cnc(-c3ccccn3)nc1)C2. The van der Waals surface area contributed by atoms with Gasteiger partial charge in [0.15, 0.2) is 5.82 Å². The van der Waals surface area contributed by atoms with Gasteiger partial charge in [0.25, 0.3) is 5.91 Å². The highest BCUT2D eigenvalue weighted by atomic mass is 16.5. The molecule has 0 aliphatic carbocycles. The molecule has 2 fully saturated rings. The first-order valence-electron chi connectivity index (χ1n) is 8.51. The molecule has 2 aliphatic heterocycles. The van der Waals surface area contributed by atoms with Crippen LogP contribution in [0.3, 0.4) is 0 Å². The average Bonchev–Trinajstić information content (AvgIpc) is 2.90. The molecule has 1 amide bonds. The number of carbonyl (C=O) groups excluding carboxylic acids is 1. The molecular formula is C18H21N5O2. The van der Waals surface area contributed by atoms with Crippen LogP contribution in [0.5, 0.6) is 0 Å². The summed E-state index contributed by atoms with van der Waals surface area (Å²) >= 11 is 0. The first-order valence-corrected chi connectivity index (χ1v) is 8.51. The maximum Gasteiger partial charge on any atom is 0.257 e. The van der Waals surface area contributed by atoms with E-state index in [-0.39, 0.29) is 11.9 Å². The largest absolute Gasteiger partial charge is 0.379 e. The molecule has 2 bridgehead atoms. The Hall–Kier alpha value is -2.38. The number of hydrogen-bond acceptors (Lipinski definition) is 6. The lowest BCUT2D eigenvalue weighted by molar-refractivity contribution is 0.0433. The minimum absolute atomic E-state index is 0.0141. The molecule has 2 aliphatic rings. The molecule has 2 aromatic heterocycles. The molecule has 0 radical (unpaired) electrons. The van der Waals surface area contributed by atoms with E-state index in [4.69, 9.17) is 4.74 Å². The Labute approximate surface area is 146 Å². The lowest BCUT2D eigenvalue weighted by atomic mass is 10.1. The van der Waals surface area contributed by atoms with E-state index in [2.05, 4.69) is 26.9 Å². The van der Waals surface area contributed by atoms with Gasteiger partial charge in [-0.05, 0) is 19.2 Å². The van der Waals surface area contributed by atoms with Crippen molar-refractivity contribution in [2.24, 2.45) is 5.92 Å². The Morgan fingerprint density at radius 3 is 2.72 bits per heavy atom. The Balaban J connectivity index is 1.53. The van der Waals surface area contributed by atoms with Gasteiger partial charge in [0.2, 0.25) is 0 Å². The van der Waals surface area contributed by atoms with Crippen molar-refractivity contribution < 1.29 is 9.53 Å². The highest BCUT2D eigenvalue weighted by Gasteiger charge is 2.33. The normalized spacial score (nSPS) is 24.0. The molecule has 25 heavy (non-hydrogen) atoms. The number of rotatable bonds is 2. The number of nitrogens with zero attached hydrogens (tertiary/aromatic N) is 5. The Bertz CT molecular complexity index is 737. The molecule has 4 heterocycles. The highest BCUT2D eigenvalue weighted by Crippen LogP contribution is 2.20. The number of ether oxygens (including phenoxy) is 1. The van der Waals surface area contributed by atoms with E-state index in [0.717, 1.165) is 6.54 Å². The summed E-state index contributed by atoms with van der Waals surface area (Å²) in [5, 5.41) is 0. The van der Waals surface area contributed by atoms with Crippen molar-refractivity contribution in [1.82, 2.24) is 24.8 Å². The monoisotopic (exact) mass is 339 g/mol. The van der Waals surface area contributed by atoms with Crippen molar-refractivity contribution in [1.29, 1.82) is 0 Å². The molecule has 2 saturated heterocycles. The van der Waals surface area contributed by atoms with Gasteiger partial charge < -0.3 is 9.64 Å². The van der Waals surface area contributed by atoms with Gasteiger partial charge in [0, 0.05) is 44.1 Å². The van der Waals surface area contributed by atoms with E-state index >= 15 is 0 Å². The number of hydrogen-bond donors (Lipinski definition) is 0. The van der Waals surface area contributed by atoms with Gasteiger partial charge in [0.1, 0.15) is 5.69 Å². The topological polar surface area (TPSA) is 71.5 Å². The second kappa shape index (κ2) is 6.85. The third-order valence-electron chi connectivity index (χ3n) is 4.82. The summed E-state index contributed by atoms with van der Waals surface area (Å²) in [5.41, 5.74) is 1.22. The smallest absolute Gasteiger partial charge is 0.257 e. The maximum absolute atomic E-state index is 12.9. The van der Waals surface area contributed by atoms with E-state index < -0.39 is 0 Å². The van der Waals surface area contributed by atoms with Crippen molar-refractivity contribution in [3.05, 3.63) is 42.4 Å². The predicted octanol–water partition coefficient (Wildman–Crippen LogP) is 0.941. The first kappa shape index (κ1) is 16.1. The van der Waals surface area contributed by atoms with Crippen LogP contribution in [-0.4, -0.2) is 76.6 Å². The predicted molar refractivity (Wildman–Crippen MR) is 91.9 cm³/mol. The second-order valence-electron chi connectivity index (χ2n) is 6.72. The molecule has 7 nitrogen and oxygen atoms in total. The van der Waals surface area contributed by atoms with Crippen LogP contribution in [-0.2, 0) is 4.74 Å². The minimum atomic E-state index is -0.0141. The fourth-order valence-electron chi connectivity index (χ4n) is 3.46. The molecule has 4 rings (SSSR count). The van der Waals surface area contributed by atoms with Crippen molar-refractivity contribution in [2.75, 3.05) is 39.9 Å². The zero-order chi connectivity index (χ0) is 17.2. The summed E-state index contributed by atoms with van der Waals surface area (Å²) in [6.45, 7) is 3.73. The van der Waals surface area contributed by atoms with Crippen LogP contribution in [0, 0.1) is 5.92 Å². The van der Waals surface area contributed by atoms with Crippen LogP contribution in [0.2, 0.25) is 0 Å². The van der Waals surface area contributed by atoms with Gasteiger partial charge in [-0.15, -0.1) is 0 Å². The van der Waals surface area contributed by atoms with E-state index in [0.29, 0.717) is 49.3 Å². The van der Waals surface area contributed by atoms with Crippen LogP contribution in [0.1, 0.15) is 10.4 Å². The summed E-state index contributed by atoms with van der Waals surface area (Å²) in [4.78, 5) is 30.0. The molecule has 130 valence electrons. The molecule has 0 unspecified atom stereocenters. The zero-order valence-electron chi connectivity index (χ0n) is 14.2. The summed E-state index contributed by atoms with van der Waals surface area (Å²) in [5.74, 6) is 0.855. The summed E-state index contributed by atoms with van der Waals surface area (Å²) in [7, 11) is 2.10. The number of amides is 1. The molecule has 0 saturated carbocycles. The van der Waals surface area contributed by atoms with Gasteiger partial charge in [0.05, 0.1) is 24.8 Å². The first-order chi connectivity index (χ1) is 12.2. The van der Waals surface area contributed by atoms with E-state index in [1.165, 1.54) is 0 Å². The van der Waals surface area contributed by atoms with Gasteiger partial charge in [-0.2, -0.15) is 0 Å². The van der Waals surface area contributed by atoms with Gasteiger partial charge >= 0.3 is 0 Å². The summed E-state index contributed by atoms with van der Waals surface area (Å²) < 4.78 is 5.72. The Morgan fingerprint density at radius 2 is 1.96 bits per heavy atom. The Kier molecular flexibility index (Phi) is 4.42. The molecule has 2 aromatic rings. The quantitative estimate of drug-likeness (QED) is 0.811. The van der Waals surface area contributed by atoms with E-state index in [1.54, 1.807) is 18.6 Å². The molecule has 0 spiro atoms. The Morgan fingerprint density at radius 1 is 1.12 bits per heavy atom. The third kappa shape index (κ3) is 3.38. The number of pyridine rings is 1. The third-order valence-corrected chi connectivity index (χ3v) is 4.82. The number of fused-ring (bicyclic) bond motifs is 3. The van der Waals surface area contributed by atoms with Crippen molar-refractivity contribution in [3.8, 4) is 11.5 Å². The lowest BCUT2D eigenvalue weighted by Crippen LogP contribution is -2.44. The second-order valence-corrected chi connectivity index (χ2v) is 6.72. The fraction of sp³-hybridized carbons (Fsp3) is 0.444. The molecule has 0 aromatic carbocycles. The van der Waals surface area contributed by atoms with Crippen LogP contribution in [0.15, 0.2) is 36.8 Å². The molecular weight excluding hydrogens is 318 g/mol. The van der Waals surface area contributed by atoms with E-state index in [1.807, 2.05) is 23.1 Å². The highest BCUT2D eigenvalue weighted by molar-refractivity contribution is 5.93. The van der Waals surface area contributed by atoms with Crippen molar-refractivity contribution in [3.63, 3.8) is 0 Å². The van der Waals surface area contributed by atoms with Crippen LogP contribution >= 0.6 is 0 Å². The van der Waals surface area contributed by atoms with Crippen LogP contribution in [0.4, 0.5) is 0 Å². The summed E-state index contributed by atoms with van der Waals surface area (Å²) in [6.07, 6.45) is 4.90. The lowest BCUT2D eigenvalue weighted by Gasteiger charge is -2.29. The maximum atomic E-state index is 12.9. The fourth-order valence-corrected chi connectivity index (χ4v) is 3.46.